The van der Waals surface area contributed by atoms with Gasteiger partial charge in [-0.05, 0) is 111 Å². The Labute approximate surface area is 364 Å². The largest absolute Gasteiger partial charge is 0.437 e. The van der Waals surface area contributed by atoms with Gasteiger partial charge in [0.15, 0.2) is 0 Å². The van der Waals surface area contributed by atoms with E-state index in [2.05, 4.69) is 195 Å². The second kappa shape index (κ2) is 13.0. The lowest BCUT2D eigenvalue weighted by atomic mass is 9.63. The first-order valence-electron chi connectivity index (χ1n) is 22.1. The Hall–Kier alpha value is -7.50. The molecule has 302 valence electrons. The molecule has 0 bridgehead atoms. The summed E-state index contributed by atoms with van der Waals surface area (Å²) in [7, 11) is 0. The fraction of sp³-hybridized carbons (Fsp3) is 0.138. The van der Waals surface area contributed by atoms with E-state index in [4.69, 9.17) is 14.4 Å². The predicted octanol–water partition coefficient (Wildman–Crippen LogP) is 15.4. The normalized spacial score (nSPS) is 14.8. The molecular formula is C58H44N4O. The van der Waals surface area contributed by atoms with E-state index in [1.807, 2.05) is 12.1 Å². The average molecular weight is 813 g/mol. The number of hydrogen-bond acceptors (Lipinski definition) is 3. The second-order valence-corrected chi connectivity index (χ2v) is 18.8. The van der Waals surface area contributed by atoms with Gasteiger partial charge in [-0.15, -0.1) is 0 Å². The summed E-state index contributed by atoms with van der Waals surface area (Å²) in [6, 6.07) is 61.3. The van der Waals surface area contributed by atoms with Crippen LogP contribution in [0.2, 0.25) is 0 Å². The van der Waals surface area contributed by atoms with Crippen molar-refractivity contribution in [2.75, 3.05) is 0 Å². The minimum absolute atomic E-state index is 0.00667. The van der Waals surface area contributed by atoms with Crippen molar-refractivity contribution in [1.29, 1.82) is 0 Å². The van der Waals surface area contributed by atoms with E-state index < -0.39 is 0 Å². The number of rotatable bonds is 4. The van der Waals surface area contributed by atoms with E-state index in [-0.39, 0.29) is 10.8 Å². The first-order valence-corrected chi connectivity index (χ1v) is 22.1. The highest BCUT2D eigenvalue weighted by Gasteiger charge is 2.38. The summed E-state index contributed by atoms with van der Waals surface area (Å²) in [6.07, 6.45) is 2.24. The maximum Gasteiger partial charge on any atom is 0.238 e. The molecule has 5 nitrogen and oxygen atoms in total. The maximum absolute atomic E-state index is 6.70. The third-order valence-electron chi connectivity index (χ3n) is 14.2. The van der Waals surface area contributed by atoms with E-state index >= 15 is 0 Å². The van der Waals surface area contributed by atoms with Crippen LogP contribution in [0.1, 0.15) is 51.7 Å². The van der Waals surface area contributed by atoms with Gasteiger partial charge < -0.3 is 8.98 Å². The molecule has 0 amide bonds. The van der Waals surface area contributed by atoms with Crippen molar-refractivity contribution in [3.8, 4) is 34.0 Å². The molecule has 8 aromatic carbocycles. The maximum atomic E-state index is 6.70. The van der Waals surface area contributed by atoms with Gasteiger partial charge in [0.1, 0.15) is 5.58 Å². The fourth-order valence-electron chi connectivity index (χ4n) is 10.9. The molecule has 0 fully saturated rings. The number of para-hydroxylation sites is 2. The minimum Gasteiger partial charge on any atom is -0.437 e. The summed E-state index contributed by atoms with van der Waals surface area (Å²) in [4.78, 5) is 11.1. The number of fused-ring (bicyclic) bond motifs is 13. The van der Waals surface area contributed by atoms with Crippen molar-refractivity contribution in [3.05, 3.63) is 181 Å². The van der Waals surface area contributed by atoms with Crippen LogP contribution in [0.4, 0.5) is 0 Å². The van der Waals surface area contributed by atoms with Crippen LogP contribution in [0, 0.1) is 0 Å². The lowest BCUT2D eigenvalue weighted by Gasteiger charge is -2.42. The zero-order chi connectivity index (χ0) is 42.2. The van der Waals surface area contributed by atoms with E-state index in [0.717, 1.165) is 68.3 Å². The van der Waals surface area contributed by atoms with E-state index in [9.17, 15) is 0 Å². The van der Waals surface area contributed by atoms with Crippen molar-refractivity contribution in [2.24, 2.45) is 0 Å². The molecule has 4 heterocycles. The molecule has 1 aliphatic carbocycles. The van der Waals surface area contributed by atoms with Gasteiger partial charge in [0.05, 0.1) is 33.1 Å². The van der Waals surface area contributed by atoms with Crippen molar-refractivity contribution in [3.63, 3.8) is 0 Å². The third kappa shape index (κ3) is 5.23. The van der Waals surface area contributed by atoms with Gasteiger partial charge in [0.2, 0.25) is 11.7 Å². The highest BCUT2D eigenvalue weighted by atomic mass is 16.3. The molecule has 1 aliphatic rings. The molecule has 0 atom stereocenters. The number of furan rings is 1. The van der Waals surface area contributed by atoms with E-state index in [0.29, 0.717) is 11.7 Å². The summed E-state index contributed by atoms with van der Waals surface area (Å²) < 4.78 is 11.5. The van der Waals surface area contributed by atoms with Gasteiger partial charge in [-0.2, -0.15) is 4.98 Å². The molecule has 63 heavy (non-hydrogen) atoms. The molecule has 0 radical (unpaired) electrons. The lowest BCUT2D eigenvalue weighted by Crippen LogP contribution is -2.33. The molecule has 5 heteroatoms. The predicted molar refractivity (Wildman–Crippen MR) is 262 cm³/mol. The summed E-state index contributed by atoms with van der Waals surface area (Å²) in [5, 5.41) is 9.29. The number of nitrogens with zero attached hydrogens (tertiary/aromatic N) is 4. The minimum atomic E-state index is -0.0121. The molecular weight excluding hydrogens is 769 g/mol. The zero-order valence-electron chi connectivity index (χ0n) is 35.8. The average Bonchev–Trinajstić information content (AvgIpc) is 3.98. The topological polar surface area (TPSA) is 48.8 Å². The van der Waals surface area contributed by atoms with Gasteiger partial charge >= 0.3 is 0 Å². The molecule has 0 unspecified atom stereocenters. The monoisotopic (exact) mass is 812 g/mol. The Morgan fingerprint density at radius 3 is 1.84 bits per heavy atom. The molecule has 13 rings (SSSR count). The van der Waals surface area contributed by atoms with Crippen molar-refractivity contribution < 1.29 is 4.42 Å². The number of hydrogen-bond donors (Lipinski definition) is 0. The number of benzene rings is 8. The van der Waals surface area contributed by atoms with Gasteiger partial charge in [0.25, 0.3) is 0 Å². The first kappa shape index (κ1) is 36.2. The molecule has 0 N–H and O–H groups in total. The van der Waals surface area contributed by atoms with Crippen LogP contribution < -0.4 is 0 Å². The third-order valence-corrected chi connectivity index (χ3v) is 14.2. The van der Waals surface area contributed by atoms with Crippen molar-refractivity contribution in [2.45, 2.75) is 51.4 Å². The molecule has 4 aromatic heterocycles. The van der Waals surface area contributed by atoms with Crippen LogP contribution in [0.15, 0.2) is 174 Å². The molecule has 0 aliphatic heterocycles. The van der Waals surface area contributed by atoms with Crippen molar-refractivity contribution in [1.82, 2.24) is 19.1 Å². The Bertz CT molecular complexity index is 3850. The SMILES string of the molecule is CC1(C)CCC(C)(C)c2cc3c(cc21)c1c2c4c5ccccc5ccc4n(-c4ccccc4)c2ccc1n3-c1nc(-c2cccc(-c3ccccc3)c2)c2c(n1)oc1ccccc12. The van der Waals surface area contributed by atoms with Crippen LogP contribution in [0.3, 0.4) is 0 Å². The lowest BCUT2D eigenvalue weighted by molar-refractivity contribution is 0.332. The van der Waals surface area contributed by atoms with Crippen LogP contribution >= 0.6 is 0 Å². The smallest absolute Gasteiger partial charge is 0.238 e. The van der Waals surface area contributed by atoms with Crippen LogP contribution in [-0.2, 0) is 10.8 Å². The molecule has 12 aromatic rings. The Morgan fingerprint density at radius 1 is 0.444 bits per heavy atom. The summed E-state index contributed by atoms with van der Waals surface area (Å²) in [5.74, 6) is 0.588. The highest BCUT2D eigenvalue weighted by molar-refractivity contribution is 6.33. The standard InChI is InChI=1S/C58H44N4O/c1-57(2)30-31-58(3,4)44-34-48-42(33-43(44)57)51-46(28-29-47-53(51)50-40-23-12-11-18-36(40)26-27-45(50)61(47)39-21-9-6-10-22-39)62(48)56-59-54(52-41-24-13-14-25-49(41)63-55(52)60-56)38-20-15-19-37(32-38)35-16-7-5-8-17-35/h5-29,32-34H,30-31H2,1-4H3. The number of aromatic nitrogens is 4. The van der Waals surface area contributed by atoms with E-state index in [1.165, 1.54) is 54.5 Å². The zero-order valence-corrected chi connectivity index (χ0v) is 35.8. The Balaban J connectivity index is 1.21. The summed E-state index contributed by atoms with van der Waals surface area (Å²) in [6.45, 7) is 9.66. The van der Waals surface area contributed by atoms with Crippen molar-refractivity contribution >= 4 is 76.5 Å². The molecule has 0 saturated heterocycles. The second-order valence-electron chi connectivity index (χ2n) is 18.8. The van der Waals surface area contributed by atoms with Gasteiger partial charge in [-0.25, -0.2) is 4.98 Å². The Kier molecular flexibility index (Phi) is 7.47. The summed E-state index contributed by atoms with van der Waals surface area (Å²) in [5.41, 5.74) is 14.0. The van der Waals surface area contributed by atoms with Crippen LogP contribution in [0.5, 0.6) is 0 Å². The van der Waals surface area contributed by atoms with Gasteiger partial charge in [-0.1, -0.05) is 143 Å². The Morgan fingerprint density at radius 2 is 1.05 bits per heavy atom. The molecule has 0 spiro atoms. The van der Waals surface area contributed by atoms with Crippen LogP contribution in [0.25, 0.3) is 110 Å². The highest BCUT2D eigenvalue weighted by Crippen LogP contribution is 2.51. The van der Waals surface area contributed by atoms with Crippen LogP contribution in [-0.4, -0.2) is 19.1 Å². The quantitative estimate of drug-likeness (QED) is 0.178. The van der Waals surface area contributed by atoms with Gasteiger partial charge in [0, 0.05) is 38.2 Å². The van der Waals surface area contributed by atoms with Gasteiger partial charge in [-0.3, -0.25) is 4.57 Å². The summed E-state index contributed by atoms with van der Waals surface area (Å²) >= 11 is 0. The fourth-order valence-corrected chi connectivity index (χ4v) is 10.9. The molecule has 0 saturated carbocycles. The van der Waals surface area contributed by atoms with E-state index in [1.54, 1.807) is 0 Å². The first-order chi connectivity index (χ1) is 30.7.